The Morgan fingerprint density at radius 3 is 1.35 bits per heavy atom. The molecule has 7 heterocycles. The molecule has 0 fully saturated rings. The van der Waals surface area contributed by atoms with Gasteiger partial charge in [-0.15, -0.1) is 0 Å². The zero-order valence-corrected chi connectivity index (χ0v) is 54.0. The molecule has 0 saturated carbocycles. The molecule has 0 saturated heterocycles. The van der Waals surface area contributed by atoms with Crippen LogP contribution in [0.3, 0.4) is 0 Å². The van der Waals surface area contributed by atoms with E-state index in [1.807, 2.05) is 188 Å². The fourth-order valence-electron chi connectivity index (χ4n) is 10.2. The Morgan fingerprint density at radius 1 is 0.360 bits per heavy atom. The van der Waals surface area contributed by atoms with E-state index in [9.17, 15) is 0 Å². The number of para-hydroxylation sites is 2. The second-order valence-corrected chi connectivity index (χ2v) is 21.6. The summed E-state index contributed by atoms with van der Waals surface area (Å²) < 4.78 is 13.1. The van der Waals surface area contributed by atoms with E-state index < -0.39 is 0 Å². The highest BCUT2D eigenvalue weighted by Gasteiger charge is 2.06. The van der Waals surface area contributed by atoms with Crippen LogP contribution in [0.2, 0.25) is 0 Å². The van der Waals surface area contributed by atoms with Gasteiger partial charge in [-0.05, 0) is 122 Å². The Morgan fingerprint density at radius 2 is 0.798 bits per heavy atom. The first-order valence-electron chi connectivity index (χ1n) is 29.8. The van der Waals surface area contributed by atoms with E-state index in [1.54, 1.807) is 28.7 Å². The quantitative estimate of drug-likeness (QED) is 0.158. The number of aryl methyl sites for hydroxylation is 5. The van der Waals surface area contributed by atoms with Crippen LogP contribution in [-0.2, 0) is 35.2 Å². The summed E-state index contributed by atoms with van der Waals surface area (Å²) in [6, 6.07) is 43.5. The van der Waals surface area contributed by atoms with Crippen molar-refractivity contribution in [2.75, 3.05) is 0 Å². The van der Waals surface area contributed by atoms with Crippen molar-refractivity contribution in [1.82, 2.24) is 48.4 Å². The number of aromatic nitrogens is 10. The number of hydrogen-bond acceptors (Lipinski definition) is 7. The Labute approximate surface area is 527 Å². The van der Waals surface area contributed by atoms with Gasteiger partial charge in [0.25, 0.3) is 0 Å². The minimum absolute atomic E-state index is 0.943. The monoisotopic (exact) mass is 1190 g/mol. The van der Waals surface area contributed by atoms with E-state index in [4.69, 9.17) is 4.42 Å². The van der Waals surface area contributed by atoms with E-state index in [-0.39, 0.29) is 0 Å². The Kier molecular flexibility index (Phi) is 23.5. The minimum Gasteiger partial charge on any atom is -0.471 e. The van der Waals surface area contributed by atoms with Crippen molar-refractivity contribution < 1.29 is 4.42 Å². The number of rotatable bonds is 7. The maximum atomic E-state index is 5.12. The van der Waals surface area contributed by atoms with Gasteiger partial charge in [-0.1, -0.05) is 188 Å². The van der Waals surface area contributed by atoms with E-state index >= 15 is 0 Å². The molecule has 0 N–H and O–H groups in total. The van der Waals surface area contributed by atoms with Crippen LogP contribution >= 0.6 is 11.3 Å². The Bertz CT molecular complexity index is 4350. The van der Waals surface area contributed by atoms with Crippen molar-refractivity contribution in [3.05, 3.63) is 263 Å². The van der Waals surface area contributed by atoms with Gasteiger partial charge in [0.2, 0.25) is 0 Å². The van der Waals surface area contributed by atoms with Crippen LogP contribution in [0.5, 0.6) is 0 Å². The summed E-state index contributed by atoms with van der Waals surface area (Å²) in [5, 5.41) is 26.1. The predicted molar refractivity (Wildman–Crippen MR) is 385 cm³/mol. The summed E-state index contributed by atoms with van der Waals surface area (Å²) in [4.78, 5) is 10.3. The SMILES string of the molecule is C/C=C/c1cccc2c1ncn2C.C/C=C/c1cccc2c1ncn2C.C/C=C/c1cccc2cn(C)cc12.C/C=C/c1cccc2cocc12.C/C=C/c1cccc2cscc12.C/C=C/c1cccc2nn(C)cc12.C/C=C/c1cccc2nn(C)nc12. The third kappa shape index (κ3) is 16.8. The fraction of sp³-hybridized carbons (Fsp3) is 0.156. The molecular formula is C77H80N10OS. The van der Waals surface area contributed by atoms with Gasteiger partial charge in [-0.3, -0.25) is 4.68 Å². The molecule has 14 rings (SSSR count). The molecule has 7 aromatic heterocycles. The van der Waals surface area contributed by atoms with Crippen LogP contribution < -0.4 is 0 Å². The number of furan rings is 1. The first kappa shape index (κ1) is 64.6. The molecule has 0 amide bonds. The molecule has 0 atom stereocenters. The van der Waals surface area contributed by atoms with Gasteiger partial charge < -0.3 is 18.1 Å². The average molecular weight is 1190 g/mol. The summed E-state index contributed by atoms with van der Waals surface area (Å²) in [7, 11) is 9.85. The van der Waals surface area contributed by atoms with Crippen molar-refractivity contribution in [3.8, 4) is 0 Å². The van der Waals surface area contributed by atoms with Gasteiger partial charge in [0.1, 0.15) is 11.0 Å². The maximum absolute atomic E-state index is 5.12. The summed E-state index contributed by atoms with van der Waals surface area (Å²) >= 11 is 1.76. The molecule has 0 bridgehead atoms. The lowest BCUT2D eigenvalue weighted by Gasteiger charge is -1.96. The van der Waals surface area contributed by atoms with Crippen LogP contribution in [0.15, 0.2) is 229 Å². The van der Waals surface area contributed by atoms with E-state index in [0.29, 0.717) is 0 Å². The van der Waals surface area contributed by atoms with Gasteiger partial charge >= 0.3 is 0 Å². The van der Waals surface area contributed by atoms with Crippen LogP contribution in [0, 0.1) is 0 Å². The van der Waals surface area contributed by atoms with Crippen molar-refractivity contribution >= 4 is 130 Å². The highest BCUT2D eigenvalue weighted by molar-refractivity contribution is 7.09. The third-order valence-corrected chi connectivity index (χ3v) is 15.0. The number of fused-ring (bicyclic) bond motifs is 7. The lowest BCUT2D eigenvalue weighted by molar-refractivity contribution is 0.572. The third-order valence-electron chi connectivity index (χ3n) is 14.2. The Balaban J connectivity index is 0.000000134. The number of thiophene rings is 1. The zero-order chi connectivity index (χ0) is 63.1. The van der Waals surface area contributed by atoms with E-state index in [0.717, 1.165) is 38.5 Å². The van der Waals surface area contributed by atoms with Crippen LogP contribution in [-0.4, -0.2) is 48.4 Å². The molecule has 14 aromatic rings. The zero-order valence-electron chi connectivity index (χ0n) is 53.2. The lowest BCUT2D eigenvalue weighted by Crippen LogP contribution is -1.90. The van der Waals surface area contributed by atoms with Crippen LogP contribution in [0.4, 0.5) is 0 Å². The van der Waals surface area contributed by atoms with Gasteiger partial charge in [0.05, 0.1) is 52.8 Å². The van der Waals surface area contributed by atoms with Crippen LogP contribution in [0.1, 0.15) is 87.4 Å². The summed E-state index contributed by atoms with van der Waals surface area (Å²) in [6.45, 7) is 14.2. The Hall–Kier alpha value is -10.4. The second kappa shape index (κ2) is 32.3. The topological polar surface area (TPSA) is 102 Å². The lowest BCUT2D eigenvalue weighted by atomic mass is 10.1. The molecule has 11 nitrogen and oxygen atoms in total. The van der Waals surface area contributed by atoms with Crippen molar-refractivity contribution in [2.24, 2.45) is 35.2 Å². The van der Waals surface area contributed by atoms with Gasteiger partial charge in [0, 0.05) is 92.1 Å². The van der Waals surface area contributed by atoms with E-state index in [1.165, 1.54) is 76.7 Å². The molecule has 0 unspecified atom stereocenters. The molecule has 89 heavy (non-hydrogen) atoms. The number of benzene rings is 7. The molecule has 0 aliphatic carbocycles. The molecule has 12 heteroatoms. The van der Waals surface area contributed by atoms with Crippen molar-refractivity contribution in [2.45, 2.75) is 48.5 Å². The molecular weight excluding hydrogens is 1110 g/mol. The highest BCUT2D eigenvalue weighted by Crippen LogP contribution is 2.26. The summed E-state index contributed by atoms with van der Waals surface area (Å²) in [5.41, 5.74) is 16.0. The number of nitrogens with zero attached hydrogens (tertiary/aromatic N) is 10. The maximum Gasteiger partial charge on any atom is 0.120 e. The fourth-order valence-corrected chi connectivity index (χ4v) is 11.0. The largest absolute Gasteiger partial charge is 0.471 e. The smallest absolute Gasteiger partial charge is 0.120 e. The normalized spacial score (nSPS) is 11.5. The van der Waals surface area contributed by atoms with Gasteiger partial charge in [-0.2, -0.15) is 31.4 Å². The molecule has 0 aliphatic rings. The average Bonchev–Trinajstić information content (AvgIpc) is 3.74. The molecule has 450 valence electrons. The van der Waals surface area contributed by atoms with E-state index in [2.05, 4.69) is 194 Å². The van der Waals surface area contributed by atoms with Gasteiger partial charge in [0.15, 0.2) is 0 Å². The number of hydrogen-bond donors (Lipinski definition) is 0. The minimum atomic E-state index is 0.943. The predicted octanol–water partition coefficient (Wildman–Crippen LogP) is 20.4. The van der Waals surface area contributed by atoms with Crippen molar-refractivity contribution in [3.63, 3.8) is 0 Å². The number of allylic oxidation sites excluding steroid dienone is 7. The molecule has 0 aliphatic heterocycles. The molecule has 7 aromatic carbocycles. The van der Waals surface area contributed by atoms with Gasteiger partial charge in [-0.25, -0.2) is 9.97 Å². The summed E-state index contributed by atoms with van der Waals surface area (Å²) in [5.74, 6) is 0. The van der Waals surface area contributed by atoms with Crippen LogP contribution in [0.25, 0.3) is 119 Å². The molecule has 0 radical (unpaired) electrons. The first-order chi connectivity index (χ1) is 43.4. The number of imidazole rings is 2. The first-order valence-corrected chi connectivity index (χ1v) is 30.7. The summed E-state index contributed by atoms with van der Waals surface area (Å²) in [6.07, 6.45) is 42.5. The standard InChI is InChI=1S/C12H13N.3C11H12N2.C11H10O.C11H10S.C10H11N3/c1-3-5-10-6-4-7-11-8-13(2)9-12(10)11;1-3-5-9-6-4-7-11-10(9)8-13(2)12-11;2*1-3-5-9-6-4-7-10-11(9)12-8-13(10)2;2*1-2-4-9-5-3-6-10-7-12-8-11(9)10;1-3-5-8-6-4-7-9-10(8)12-13(2)11-9/h3-9H,1-2H3;3*3-8H,1-2H3;2*2-8H,1H3;3-7H,1-2H3/b4*5-3+;2*4-2+;5-3+. The molecule has 0 spiro atoms. The second-order valence-electron chi connectivity index (χ2n) is 20.8. The van der Waals surface area contributed by atoms with Crippen molar-refractivity contribution in [1.29, 1.82) is 0 Å². The highest BCUT2D eigenvalue weighted by atomic mass is 32.1.